The Morgan fingerprint density at radius 3 is 2.62 bits per heavy atom. The molecule has 0 bridgehead atoms. The smallest absolute Gasteiger partial charge is 0.235 e. The number of hydrogen-bond donors (Lipinski definition) is 1. The number of unbranched alkanes of at least 4 members (excludes halogenated alkanes) is 1. The lowest BCUT2D eigenvalue weighted by atomic mass is 10.0. The molecule has 0 aliphatic carbocycles. The number of rotatable bonds is 6. The van der Waals surface area contributed by atoms with Crippen molar-refractivity contribution >= 4 is 21.7 Å². The van der Waals surface area contributed by atoms with Gasteiger partial charge in [-0.15, -0.1) is 0 Å². The van der Waals surface area contributed by atoms with E-state index in [1.807, 2.05) is 30.3 Å². The molecular formula is C24H22O5. The summed E-state index contributed by atoms with van der Waals surface area (Å²) in [7, 11) is 1.55. The Bertz CT molecular complexity index is 1240. The third kappa shape index (κ3) is 3.40. The van der Waals surface area contributed by atoms with Gasteiger partial charge < -0.3 is 19.0 Å². The van der Waals surface area contributed by atoms with E-state index >= 15 is 0 Å². The topological polar surface area (TPSA) is 68.9 Å². The van der Waals surface area contributed by atoms with Crippen molar-refractivity contribution in [2.75, 3.05) is 13.7 Å². The summed E-state index contributed by atoms with van der Waals surface area (Å²) in [6, 6.07) is 16.4. The molecule has 0 radical (unpaired) electrons. The maximum atomic E-state index is 12.8. The van der Waals surface area contributed by atoms with E-state index < -0.39 is 11.2 Å². The Morgan fingerprint density at radius 1 is 1.00 bits per heavy atom. The predicted octanol–water partition coefficient (Wildman–Crippen LogP) is 5.51. The van der Waals surface area contributed by atoms with Gasteiger partial charge in [-0.05, 0) is 36.1 Å². The highest BCUT2D eigenvalue weighted by molar-refractivity contribution is 6.04. The first kappa shape index (κ1) is 18.9. The van der Waals surface area contributed by atoms with Crippen LogP contribution in [0.15, 0.2) is 63.8 Å². The van der Waals surface area contributed by atoms with Crippen molar-refractivity contribution in [2.24, 2.45) is 0 Å². The maximum absolute atomic E-state index is 12.8. The molecule has 5 nitrogen and oxygen atoms in total. The van der Waals surface area contributed by atoms with E-state index in [1.165, 1.54) is 0 Å². The summed E-state index contributed by atoms with van der Waals surface area (Å²) in [5, 5.41) is 12.7. The van der Waals surface area contributed by atoms with Crippen molar-refractivity contribution in [3.05, 3.63) is 64.8 Å². The molecule has 4 rings (SSSR count). The second-order valence-electron chi connectivity index (χ2n) is 6.84. The molecule has 1 N–H and O–H groups in total. The van der Waals surface area contributed by atoms with Crippen LogP contribution < -0.4 is 14.9 Å². The normalized spacial score (nSPS) is 11.1. The number of fused-ring (bicyclic) bond motifs is 3. The molecule has 0 unspecified atom stereocenters. The minimum Gasteiger partial charge on any atom is -0.502 e. The molecular weight excluding hydrogens is 368 g/mol. The highest BCUT2D eigenvalue weighted by atomic mass is 16.5. The van der Waals surface area contributed by atoms with Crippen molar-refractivity contribution < 1.29 is 19.0 Å². The van der Waals surface area contributed by atoms with Gasteiger partial charge in [0.25, 0.3) is 0 Å². The summed E-state index contributed by atoms with van der Waals surface area (Å²) in [4.78, 5) is 12.8. The molecule has 1 aromatic heterocycles. The van der Waals surface area contributed by atoms with Crippen molar-refractivity contribution in [2.45, 2.75) is 19.8 Å². The van der Waals surface area contributed by atoms with Gasteiger partial charge in [-0.25, -0.2) is 0 Å². The molecule has 0 aliphatic heterocycles. The second kappa shape index (κ2) is 7.87. The monoisotopic (exact) mass is 390 g/mol. The van der Waals surface area contributed by atoms with E-state index in [0.29, 0.717) is 34.6 Å². The highest BCUT2D eigenvalue weighted by Gasteiger charge is 2.18. The zero-order chi connectivity index (χ0) is 20.4. The lowest BCUT2D eigenvalue weighted by molar-refractivity contribution is 0.288. The van der Waals surface area contributed by atoms with Crippen LogP contribution in [0.5, 0.6) is 17.2 Å². The summed E-state index contributed by atoms with van der Waals surface area (Å²) in [6.45, 7) is 2.69. The molecule has 0 saturated heterocycles. The molecule has 29 heavy (non-hydrogen) atoms. The van der Waals surface area contributed by atoms with Crippen LogP contribution in [0.4, 0.5) is 0 Å². The molecule has 0 amide bonds. The van der Waals surface area contributed by atoms with E-state index in [2.05, 4.69) is 6.92 Å². The summed E-state index contributed by atoms with van der Waals surface area (Å²) in [5.74, 6) is 0.809. The maximum Gasteiger partial charge on any atom is 0.235 e. The Labute approximate surface area is 168 Å². The average Bonchev–Trinajstić information content (AvgIpc) is 2.76. The van der Waals surface area contributed by atoms with Crippen LogP contribution in [0.25, 0.3) is 33.1 Å². The zero-order valence-corrected chi connectivity index (χ0v) is 16.4. The van der Waals surface area contributed by atoms with Crippen LogP contribution in [-0.4, -0.2) is 18.8 Å². The number of methoxy groups -OCH3 is 1. The van der Waals surface area contributed by atoms with Crippen LogP contribution in [-0.2, 0) is 0 Å². The average molecular weight is 390 g/mol. The fourth-order valence-corrected chi connectivity index (χ4v) is 3.36. The number of ether oxygens (including phenoxy) is 2. The molecule has 0 spiro atoms. The first-order valence-corrected chi connectivity index (χ1v) is 9.62. The third-order valence-electron chi connectivity index (χ3n) is 4.94. The number of benzene rings is 3. The van der Waals surface area contributed by atoms with Gasteiger partial charge in [-0.1, -0.05) is 43.7 Å². The fourth-order valence-electron chi connectivity index (χ4n) is 3.36. The summed E-state index contributed by atoms with van der Waals surface area (Å²) < 4.78 is 17.3. The van der Waals surface area contributed by atoms with Gasteiger partial charge in [0, 0.05) is 10.9 Å². The SMILES string of the molecule is CCCCOc1ccc(-c2oc3c(ccc4ccccc43)c(=O)c2O)cc1OC. The lowest BCUT2D eigenvalue weighted by Crippen LogP contribution is -2.03. The minimum absolute atomic E-state index is 0.109. The van der Waals surface area contributed by atoms with Crippen LogP contribution in [0.2, 0.25) is 0 Å². The van der Waals surface area contributed by atoms with Gasteiger partial charge in [0.2, 0.25) is 11.2 Å². The van der Waals surface area contributed by atoms with E-state index in [-0.39, 0.29) is 5.76 Å². The first-order valence-electron chi connectivity index (χ1n) is 9.62. The summed E-state index contributed by atoms with van der Waals surface area (Å²) >= 11 is 0. The standard InChI is InChI=1S/C24H22O5/c1-3-4-13-28-19-12-10-16(14-20(19)27-2)23-22(26)21(25)18-11-9-15-7-5-6-8-17(15)24(18)29-23/h5-12,14,26H,3-4,13H2,1-2H3. The largest absolute Gasteiger partial charge is 0.502 e. The Kier molecular flexibility index (Phi) is 5.12. The molecule has 3 aromatic carbocycles. The molecule has 148 valence electrons. The second-order valence-corrected chi connectivity index (χ2v) is 6.84. The minimum atomic E-state index is -0.464. The molecule has 1 heterocycles. The van der Waals surface area contributed by atoms with E-state index in [1.54, 1.807) is 31.4 Å². The zero-order valence-electron chi connectivity index (χ0n) is 16.4. The number of aromatic hydroxyl groups is 1. The third-order valence-corrected chi connectivity index (χ3v) is 4.94. The van der Waals surface area contributed by atoms with Gasteiger partial charge in [-0.3, -0.25) is 4.79 Å². The molecule has 0 aliphatic rings. The van der Waals surface area contributed by atoms with Crippen LogP contribution in [0, 0.1) is 0 Å². The molecule has 0 fully saturated rings. The summed E-state index contributed by atoms with van der Waals surface area (Å²) in [6.07, 6.45) is 1.97. The van der Waals surface area contributed by atoms with Gasteiger partial charge in [0.1, 0.15) is 5.58 Å². The van der Waals surface area contributed by atoms with Crippen molar-refractivity contribution in [1.82, 2.24) is 0 Å². The quantitative estimate of drug-likeness (QED) is 0.347. The van der Waals surface area contributed by atoms with Crippen molar-refractivity contribution in [3.63, 3.8) is 0 Å². The molecule has 0 saturated carbocycles. The van der Waals surface area contributed by atoms with E-state index in [0.717, 1.165) is 23.6 Å². The molecule has 0 atom stereocenters. The van der Waals surface area contributed by atoms with Gasteiger partial charge in [0.15, 0.2) is 17.3 Å². The number of hydrogen-bond acceptors (Lipinski definition) is 5. The van der Waals surface area contributed by atoms with Gasteiger partial charge in [-0.2, -0.15) is 0 Å². The van der Waals surface area contributed by atoms with Crippen LogP contribution in [0.1, 0.15) is 19.8 Å². The van der Waals surface area contributed by atoms with Crippen molar-refractivity contribution in [1.29, 1.82) is 0 Å². The van der Waals surface area contributed by atoms with E-state index in [9.17, 15) is 9.90 Å². The van der Waals surface area contributed by atoms with Crippen LogP contribution in [0.3, 0.4) is 0 Å². The fraction of sp³-hybridized carbons (Fsp3) is 0.208. The molecule has 5 heteroatoms. The van der Waals surface area contributed by atoms with Gasteiger partial charge >= 0.3 is 0 Å². The lowest BCUT2D eigenvalue weighted by Gasteiger charge is -2.13. The van der Waals surface area contributed by atoms with Gasteiger partial charge in [0.05, 0.1) is 19.1 Å². The van der Waals surface area contributed by atoms with Crippen molar-refractivity contribution in [3.8, 4) is 28.6 Å². The Balaban J connectivity index is 1.88. The van der Waals surface area contributed by atoms with Crippen LogP contribution >= 0.6 is 0 Å². The highest BCUT2D eigenvalue weighted by Crippen LogP contribution is 2.37. The molecule has 4 aromatic rings. The Hall–Kier alpha value is -3.47. The Morgan fingerprint density at radius 2 is 1.83 bits per heavy atom. The first-order chi connectivity index (χ1) is 14.1. The predicted molar refractivity (Wildman–Crippen MR) is 114 cm³/mol. The summed E-state index contributed by atoms with van der Waals surface area (Å²) in [5.41, 5.74) is 0.520. The van der Waals surface area contributed by atoms with E-state index in [4.69, 9.17) is 13.9 Å².